The summed E-state index contributed by atoms with van der Waals surface area (Å²) in [6.07, 6.45) is 4.34. The summed E-state index contributed by atoms with van der Waals surface area (Å²) < 4.78 is 0. The molecule has 2 aromatic rings. The van der Waals surface area contributed by atoms with E-state index < -0.39 is 0 Å². The molecule has 0 bridgehead atoms. The number of carbonyl (C=O) groups excluding carboxylic acids is 1. The highest BCUT2D eigenvalue weighted by molar-refractivity contribution is 6.07. The molecule has 1 aliphatic carbocycles. The Hall–Kier alpha value is -2.29. The van der Waals surface area contributed by atoms with Gasteiger partial charge in [-0.15, -0.1) is 0 Å². The molecule has 0 saturated carbocycles. The predicted octanol–water partition coefficient (Wildman–Crippen LogP) is 2.96. The minimum Gasteiger partial charge on any atom is -0.399 e. The Morgan fingerprint density at radius 2 is 1.81 bits per heavy atom. The van der Waals surface area contributed by atoms with Crippen LogP contribution in [-0.2, 0) is 19.3 Å². The van der Waals surface area contributed by atoms with Crippen molar-refractivity contribution < 1.29 is 4.79 Å². The van der Waals surface area contributed by atoms with Crippen molar-refractivity contribution >= 4 is 17.3 Å². The van der Waals surface area contributed by atoms with Crippen molar-refractivity contribution in [2.75, 3.05) is 17.2 Å². The van der Waals surface area contributed by atoms with Crippen molar-refractivity contribution in [2.24, 2.45) is 0 Å². The van der Waals surface area contributed by atoms with E-state index in [2.05, 4.69) is 12.1 Å². The number of nitrogens with zero attached hydrogens (tertiary/aromatic N) is 1. The van der Waals surface area contributed by atoms with Crippen molar-refractivity contribution in [3.8, 4) is 0 Å². The number of fused-ring (bicyclic) bond motifs is 2. The van der Waals surface area contributed by atoms with Crippen LogP contribution in [-0.4, -0.2) is 12.5 Å². The minimum absolute atomic E-state index is 0.105. The van der Waals surface area contributed by atoms with E-state index in [0.29, 0.717) is 0 Å². The topological polar surface area (TPSA) is 46.3 Å². The molecule has 4 rings (SSSR count). The Labute approximate surface area is 124 Å². The van der Waals surface area contributed by atoms with E-state index in [4.69, 9.17) is 5.73 Å². The monoisotopic (exact) mass is 278 g/mol. The van der Waals surface area contributed by atoms with Crippen LogP contribution in [0.5, 0.6) is 0 Å². The number of anilines is 2. The smallest absolute Gasteiger partial charge is 0.258 e. The fraction of sp³-hybridized carbons (Fsp3) is 0.278. The van der Waals surface area contributed by atoms with Gasteiger partial charge in [0.15, 0.2) is 0 Å². The molecule has 21 heavy (non-hydrogen) atoms. The maximum Gasteiger partial charge on any atom is 0.258 e. The van der Waals surface area contributed by atoms with Gasteiger partial charge in [-0.2, -0.15) is 0 Å². The van der Waals surface area contributed by atoms with Crippen LogP contribution in [0.3, 0.4) is 0 Å². The quantitative estimate of drug-likeness (QED) is 0.815. The van der Waals surface area contributed by atoms with Gasteiger partial charge in [0.25, 0.3) is 5.91 Å². The zero-order valence-corrected chi connectivity index (χ0v) is 11.9. The third kappa shape index (κ3) is 2.00. The molecule has 3 nitrogen and oxygen atoms in total. The molecule has 2 aliphatic rings. The van der Waals surface area contributed by atoms with Gasteiger partial charge in [0.1, 0.15) is 0 Å². The second kappa shape index (κ2) is 4.62. The largest absolute Gasteiger partial charge is 0.399 e. The lowest BCUT2D eigenvalue weighted by atomic mass is 10.1. The molecule has 0 radical (unpaired) electrons. The summed E-state index contributed by atoms with van der Waals surface area (Å²) in [5.41, 5.74) is 12.3. The second-order valence-electron chi connectivity index (χ2n) is 5.93. The first kappa shape index (κ1) is 12.5. The number of hydrogen-bond donors (Lipinski definition) is 1. The van der Waals surface area contributed by atoms with E-state index in [1.807, 2.05) is 29.2 Å². The highest BCUT2D eigenvalue weighted by Crippen LogP contribution is 2.31. The lowest BCUT2D eigenvalue weighted by Crippen LogP contribution is -2.28. The Kier molecular flexibility index (Phi) is 2.74. The second-order valence-corrected chi connectivity index (χ2v) is 5.93. The first-order chi connectivity index (χ1) is 10.2. The van der Waals surface area contributed by atoms with Crippen molar-refractivity contribution in [1.82, 2.24) is 0 Å². The first-order valence-corrected chi connectivity index (χ1v) is 7.54. The zero-order chi connectivity index (χ0) is 14.4. The maximum absolute atomic E-state index is 12.8. The number of carbonyl (C=O) groups is 1. The molecule has 0 aromatic heterocycles. The van der Waals surface area contributed by atoms with Gasteiger partial charge in [-0.3, -0.25) is 4.79 Å². The zero-order valence-electron chi connectivity index (χ0n) is 11.9. The molecule has 106 valence electrons. The summed E-state index contributed by atoms with van der Waals surface area (Å²) in [7, 11) is 0. The van der Waals surface area contributed by atoms with Crippen LogP contribution in [0.1, 0.15) is 33.5 Å². The number of hydrogen-bond acceptors (Lipinski definition) is 2. The van der Waals surface area contributed by atoms with Gasteiger partial charge in [0.05, 0.1) is 0 Å². The molecule has 1 amide bonds. The van der Waals surface area contributed by atoms with Crippen LogP contribution in [0.2, 0.25) is 0 Å². The normalized spacial score (nSPS) is 15.9. The molecular formula is C18H18N2O. The van der Waals surface area contributed by atoms with Gasteiger partial charge in [-0.1, -0.05) is 6.07 Å². The number of rotatable bonds is 1. The molecule has 2 aromatic carbocycles. The van der Waals surface area contributed by atoms with Gasteiger partial charge >= 0.3 is 0 Å². The van der Waals surface area contributed by atoms with Crippen molar-refractivity contribution in [3.05, 3.63) is 58.7 Å². The molecule has 1 aliphatic heterocycles. The average Bonchev–Trinajstić information content (AvgIpc) is 3.11. The molecule has 0 saturated heterocycles. The number of nitrogens with two attached hydrogens (primary N) is 1. The SMILES string of the molecule is Nc1ccc2c(c1)CCN2C(=O)c1ccc2c(c1)CCC2. The lowest BCUT2D eigenvalue weighted by Gasteiger charge is -2.18. The summed E-state index contributed by atoms with van der Waals surface area (Å²) in [5.74, 6) is 0.105. The standard InChI is InChI=1S/C18H18N2O/c19-16-6-7-17-14(11-16)8-9-20(17)18(21)15-5-4-12-2-1-3-13(12)10-15/h4-7,10-11H,1-3,8-9,19H2. The number of nitrogen functional groups attached to an aromatic ring is 1. The van der Waals surface area contributed by atoms with E-state index in [0.717, 1.165) is 42.7 Å². The van der Waals surface area contributed by atoms with Gasteiger partial charge in [-0.05, 0) is 72.7 Å². The summed E-state index contributed by atoms with van der Waals surface area (Å²) in [6.45, 7) is 0.745. The highest BCUT2D eigenvalue weighted by Gasteiger charge is 2.26. The number of benzene rings is 2. The van der Waals surface area contributed by atoms with E-state index in [1.54, 1.807) is 0 Å². The van der Waals surface area contributed by atoms with Gasteiger partial charge in [0.2, 0.25) is 0 Å². The summed E-state index contributed by atoms with van der Waals surface area (Å²) in [5, 5.41) is 0. The highest BCUT2D eigenvalue weighted by atomic mass is 16.2. The fourth-order valence-electron chi connectivity index (χ4n) is 3.49. The van der Waals surface area contributed by atoms with Crippen LogP contribution in [0, 0.1) is 0 Å². The van der Waals surface area contributed by atoms with Crippen LogP contribution >= 0.6 is 0 Å². The Bertz CT molecular complexity index is 736. The number of amides is 1. The first-order valence-electron chi connectivity index (χ1n) is 7.54. The van der Waals surface area contributed by atoms with E-state index in [1.165, 1.54) is 23.1 Å². The molecule has 3 heteroatoms. The summed E-state index contributed by atoms with van der Waals surface area (Å²) in [4.78, 5) is 14.7. The molecule has 0 unspecified atom stereocenters. The van der Waals surface area contributed by atoms with Crippen molar-refractivity contribution in [2.45, 2.75) is 25.7 Å². The summed E-state index contributed by atoms with van der Waals surface area (Å²) in [6, 6.07) is 12.0. The fourth-order valence-corrected chi connectivity index (χ4v) is 3.49. The molecule has 0 fully saturated rings. The van der Waals surface area contributed by atoms with E-state index >= 15 is 0 Å². The third-order valence-electron chi connectivity index (χ3n) is 4.59. The van der Waals surface area contributed by atoms with Gasteiger partial charge in [0, 0.05) is 23.5 Å². The summed E-state index contributed by atoms with van der Waals surface area (Å²) >= 11 is 0. The van der Waals surface area contributed by atoms with Gasteiger partial charge < -0.3 is 10.6 Å². The molecular weight excluding hydrogens is 260 g/mol. The van der Waals surface area contributed by atoms with Crippen LogP contribution in [0.25, 0.3) is 0 Å². The van der Waals surface area contributed by atoms with Crippen LogP contribution in [0.4, 0.5) is 11.4 Å². The molecule has 1 heterocycles. The van der Waals surface area contributed by atoms with Gasteiger partial charge in [-0.25, -0.2) is 0 Å². The number of aryl methyl sites for hydroxylation is 2. The maximum atomic E-state index is 12.8. The van der Waals surface area contributed by atoms with E-state index in [9.17, 15) is 4.79 Å². The molecule has 0 atom stereocenters. The average molecular weight is 278 g/mol. The Balaban J connectivity index is 1.68. The molecule has 0 spiro atoms. The Morgan fingerprint density at radius 1 is 0.952 bits per heavy atom. The lowest BCUT2D eigenvalue weighted by molar-refractivity contribution is 0.0989. The van der Waals surface area contributed by atoms with Crippen molar-refractivity contribution in [1.29, 1.82) is 0 Å². The van der Waals surface area contributed by atoms with Crippen molar-refractivity contribution in [3.63, 3.8) is 0 Å². The third-order valence-corrected chi connectivity index (χ3v) is 4.59. The Morgan fingerprint density at radius 3 is 2.71 bits per heavy atom. The van der Waals surface area contributed by atoms with Crippen LogP contribution < -0.4 is 10.6 Å². The minimum atomic E-state index is 0.105. The molecule has 2 N–H and O–H groups in total. The predicted molar refractivity (Wildman–Crippen MR) is 84.7 cm³/mol. The van der Waals surface area contributed by atoms with Crippen LogP contribution in [0.15, 0.2) is 36.4 Å². The van der Waals surface area contributed by atoms with E-state index in [-0.39, 0.29) is 5.91 Å².